The molecular formula is C13H18ClNO2. The summed E-state index contributed by atoms with van der Waals surface area (Å²) < 4.78 is 5.48. The summed E-state index contributed by atoms with van der Waals surface area (Å²) in [6.45, 7) is 4.31. The van der Waals surface area contributed by atoms with Crippen molar-refractivity contribution in [3.63, 3.8) is 0 Å². The summed E-state index contributed by atoms with van der Waals surface area (Å²) in [4.78, 5) is 0. The van der Waals surface area contributed by atoms with Crippen LogP contribution < -0.4 is 5.32 Å². The number of hydrogen-bond donors (Lipinski definition) is 2. The van der Waals surface area contributed by atoms with Gasteiger partial charge in [0.05, 0.1) is 11.6 Å². The number of rotatable bonds is 3. The predicted molar refractivity (Wildman–Crippen MR) is 68.4 cm³/mol. The normalized spacial score (nSPS) is 24.8. The minimum atomic E-state index is -0.00694. The molecule has 1 saturated heterocycles. The summed E-state index contributed by atoms with van der Waals surface area (Å²) in [7, 11) is 0. The van der Waals surface area contributed by atoms with Gasteiger partial charge >= 0.3 is 0 Å². The van der Waals surface area contributed by atoms with Gasteiger partial charge in [0.15, 0.2) is 0 Å². The SMILES string of the molecule is CC1(NCc2cccc(Cl)c2O)CCCOC1. The van der Waals surface area contributed by atoms with Crippen LogP contribution in [0.5, 0.6) is 5.75 Å². The van der Waals surface area contributed by atoms with Crippen LogP contribution in [-0.2, 0) is 11.3 Å². The van der Waals surface area contributed by atoms with Gasteiger partial charge in [-0.3, -0.25) is 0 Å². The first-order valence-electron chi connectivity index (χ1n) is 5.90. The maximum absolute atomic E-state index is 9.81. The van der Waals surface area contributed by atoms with Crippen molar-refractivity contribution in [3.05, 3.63) is 28.8 Å². The molecule has 1 atom stereocenters. The van der Waals surface area contributed by atoms with E-state index in [-0.39, 0.29) is 11.3 Å². The van der Waals surface area contributed by atoms with Gasteiger partial charge in [0, 0.05) is 24.3 Å². The van der Waals surface area contributed by atoms with Crippen LogP contribution in [-0.4, -0.2) is 23.9 Å². The Hall–Kier alpha value is -0.770. The number of aromatic hydroxyl groups is 1. The van der Waals surface area contributed by atoms with E-state index in [1.165, 1.54) is 0 Å². The molecule has 17 heavy (non-hydrogen) atoms. The average Bonchev–Trinajstić information content (AvgIpc) is 2.32. The van der Waals surface area contributed by atoms with Crippen LogP contribution in [0.2, 0.25) is 5.02 Å². The van der Waals surface area contributed by atoms with Crippen molar-refractivity contribution < 1.29 is 9.84 Å². The topological polar surface area (TPSA) is 41.5 Å². The smallest absolute Gasteiger partial charge is 0.138 e. The van der Waals surface area contributed by atoms with Crippen LogP contribution in [0.15, 0.2) is 18.2 Å². The second-order valence-corrected chi connectivity index (χ2v) is 5.23. The second kappa shape index (κ2) is 5.25. The predicted octanol–water partition coefficient (Wildman–Crippen LogP) is 2.70. The molecule has 0 amide bonds. The molecule has 1 aromatic carbocycles. The minimum Gasteiger partial charge on any atom is -0.506 e. The molecule has 94 valence electrons. The van der Waals surface area contributed by atoms with E-state index in [0.29, 0.717) is 18.2 Å². The van der Waals surface area contributed by atoms with E-state index in [1.54, 1.807) is 6.07 Å². The standard InChI is InChI=1S/C13H18ClNO2/c1-13(6-3-7-17-9-13)15-8-10-4-2-5-11(14)12(10)16/h2,4-5,15-16H,3,6-9H2,1H3. The van der Waals surface area contributed by atoms with Crippen molar-refractivity contribution in [1.82, 2.24) is 5.32 Å². The summed E-state index contributed by atoms with van der Waals surface area (Å²) in [6, 6.07) is 5.41. The van der Waals surface area contributed by atoms with Crippen molar-refractivity contribution in [2.75, 3.05) is 13.2 Å². The highest BCUT2D eigenvalue weighted by molar-refractivity contribution is 6.32. The zero-order valence-corrected chi connectivity index (χ0v) is 10.8. The maximum atomic E-state index is 9.81. The Labute approximate surface area is 107 Å². The summed E-state index contributed by atoms with van der Waals surface area (Å²) in [5.41, 5.74) is 0.816. The van der Waals surface area contributed by atoms with Gasteiger partial charge < -0.3 is 15.2 Å². The van der Waals surface area contributed by atoms with Crippen LogP contribution in [0.25, 0.3) is 0 Å². The third kappa shape index (κ3) is 3.12. The van der Waals surface area contributed by atoms with E-state index < -0.39 is 0 Å². The lowest BCUT2D eigenvalue weighted by Gasteiger charge is -2.34. The van der Waals surface area contributed by atoms with Crippen molar-refractivity contribution >= 4 is 11.6 Å². The van der Waals surface area contributed by atoms with Crippen LogP contribution in [0.4, 0.5) is 0 Å². The molecule has 0 aliphatic carbocycles. The monoisotopic (exact) mass is 255 g/mol. The number of benzene rings is 1. The fraction of sp³-hybridized carbons (Fsp3) is 0.538. The zero-order valence-electron chi connectivity index (χ0n) is 10.0. The molecule has 1 unspecified atom stereocenters. The zero-order chi connectivity index (χ0) is 12.3. The Morgan fingerprint density at radius 3 is 3.06 bits per heavy atom. The average molecular weight is 256 g/mol. The second-order valence-electron chi connectivity index (χ2n) is 4.82. The van der Waals surface area contributed by atoms with Gasteiger partial charge in [0.1, 0.15) is 5.75 Å². The number of nitrogens with one attached hydrogen (secondary N) is 1. The van der Waals surface area contributed by atoms with Crippen molar-refractivity contribution in [1.29, 1.82) is 0 Å². The minimum absolute atomic E-state index is 0.00694. The fourth-order valence-electron chi connectivity index (χ4n) is 2.08. The van der Waals surface area contributed by atoms with E-state index in [9.17, 15) is 5.11 Å². The van der Waals surface area contributed by atoms with E-state index in [0.717, 1.165) is 25.0 Å². The van der Waals surface area contributed by atoms with E-state index in [2.05, 4.69) is 12.2 Å². The van der Waals surface area contributed by atoms with Gasteiger partial charge in [-0.05, 0) is 25.8 Å². The fourth-order valence-corrected chi connectivity index (χ4v) is 2.28. The lowest BCUT2D eigenvalue weighted by atomic mass is 9.94. The lowest BCUT2D eigenvalue weighted by molar-refractivity contribution is 0.0277. The van der Waals surface area contributed by atoms with Gasteiger partial charge in [0.2, 0.25) is 0 Å². The molecule has 2 rings (SSSR count). The first-order chi connectivity index (χ1) is 8.11. The molecule has 0 radical (unpaired) electrons. The molecule has 0 aromatic heterocycles. The molecule has 2 N–H and O–H groups in total. The molecule has 0 bridgehead atoms. The number of phenolic OH excluding ortho intramolecular Hbond substituents is 1. The summed E-state index contributed by atoms with van der Waals surface area (Å²) in [6.07, 6.45) is 2.17. The van der Waals surface area contributed by atoms with Gasteiger partial charge in [-0.15, -0.1) is 0 Å². The molecule has 0 spiro atoms. The largest absolute Gasteiger partial charge is 0.506 e. The third-order valence-electron chi connectivity index (χ3n) is 3.21. The van der Waals surface area contributed by atoms with Gasteiger partial charge in [0.25, 0.3) is 0 Å². The van der Waals surface area contributed by atoms with E-state index >= 15 is 0 Å². The number of hydrogen-bond acceptors (Lipinski definition) is 3. The molecule has 3 nitrogen and oxygen atoms in total. The first kappa shape index (κ1) is 12.7. The van der Waals surface area contributed by atoms with Gasteiger partial charge in [-0.2, -0.15) is 0 Å². The maximum Gasteiger partial charge on any atom is 0.138 e. The molecule has 1 heterocycles. The Morgan fingerprint density at radius 2 is 2.35 bits per heavy atom. The highest BCUT2D eigenvalue weighted by atomic mass is 35.5. The molecule has 0 saturated carbocycles. The Morgan fingerprint density at radius 1 is 1.53 bits per heavy atom. The van der Waals surface area contributed by atoms with Crippen molar-refractivity contribution in [3.8, 4) is 5.75 Å². The number of para-hydroxylation sites is 1. The quantitative estimate of drug-likeness (QED) is 0.873. The highest BCUT2D eigenvalue weighted by Crippen LogP contribution is 2.27. The number of phenols is 1. The molecule has 1 aliphatic rings. The van der Waals surface area contributed by atoms with Gasteiger partial charge in [-0.25, -0.2) is 0 Å². The van der Waals surface area contributed by atoms with E-state index in [1.807, 2.05) is 12.1 Å². The summed E-state index contributed by atoms with van der Waals surface area (Å²) >= 11 is 5.87. The van der Waals surface area contributed by atoms with Crippen LogP contribution in [0.1, 0.15) is 25.3 Å². The van der Waals surface area contributed by atoms with Gasteiger partial charge in [-0.1, -0.05) is 23.7 Å². The third-order valence-corrected chi connectivity index (χ3v) is 3.52. The summed E-state index contributed by atoms with van der Waals surface area (Å²) in [5.74, 6) is 0.169. The Balaban J connectivity index is 1.99. The molecule has 1 aliphatic heterocycles. The first-order valence-corrected chi connectivity index (χ1v) is 6.28. The molecule has 1 fully saturated rings. The molecule has 1 aromatic rings. The van der Waals surface area contributed by atoms with Crippen LogP contribution >= 0.6 is 11.6 Å². The van der Waals surface area contributed by atoms with Crippen molar-refractivity contribution in [2.24, 2.45) is 0 Å². The Kier molecular flexibility index (Phi) is 3.92. The number of ether oxygens (including phenoxy) is 1. The summed E-state index contributed by atoms with van der Waals surface area (Å²) in [5, 5.41) is 13.6. The molecule has 4 heteroatoms. The Bertz CT molecular complexity index is 389. The molecular weight excluding hydrogens is 238 g/mol. The van der Waals surface area contributed by atoms with Crippen LogP contribution in [0.3, 0.4) is 0 Å². The number of halogens is 1. The lowest BCUT2D eigenvalue weighted by Crippen LogP contribution is -2.48. The van der Waals surface area contributed by atoms with Crippen LogP contribution in [0, 0.1) is 0 Å². The highest BCUT2D eigenvalue weighted by Gasteiger charge is 2.26. The van der Waals surface area contributed by atoms with E-state index in [4.69, 9.17) is 16.3 Å². The van der Waals surface area contributed by atoms with Crippen molar-refractivity contribution in [2.45, 2.75) is 31.8 Å².